The fourth-order valence-corrected chi connectivity index (χ4v) is 5.70. The Balaban J connectivity index is 4.36. The zero-order valence-corrected chi connectivity index (χ0v) is 31.4. The number of carbonyl (C=O) groups excluding carboxylic acids is 2. The number of carbonyl (C=O) groups is 3. The van der Waals surface area contributed by atoms with E-state index in [1.807, 2.05) is 0 Å². The molecule has 0 rings (SSSR count). The van der Waals surface area contributed by atoms with Crippen molar-refractivity contribution in [1.82, 2.24) is 0 Å². The number of unbranched alkanes of at least 4 members (excludes halogenated alkanes) is 17. The summed E-state index contributed by atoms with van der Waals surface area (Å²) < 4.78 is 32.4. The average molecular weight is 718 g/mol. The summed E-state index contributed by atoms with van der Waals surface area (Å²) in [7, 11) is -4.70. The lowest BCUT2D eigenvalue weighted by Crippen LogP contribution is -2.34. The van der Waals surface area contributed by atoms with E-state index in [9.17, 15) is 23.8 Å². The van der Waals surface area contributed by atoms with Crippen LogP contribution in [0.1, 0.15) is 162 Å². The second-order valence-corrected chi connectivity index (χ2v) is 14.2. The Kier molecular flexibility index (Phi) is 31.7. The van der Waals surface area contributed by atoms with Gasteiger partial charge in [-0.2, -0.15) is 0 Å². The third kappa shape index (κ3) is 32.9. The molecule has 0 aliphatic heterocycles. The predicted octanol–water partition coefficient (Wildman–Crippen LogP) is 9.11. The van der Waals surface area contributed by atoms with E-state index in [2.05, 4.69) is 42.7 Å². The third-order valence-electron chi connectivity index (χ3n) is 7.95. The predicted molar refractivity (Wildman–Crippen MR) is 194 cm³/mol. The summed E-state index contributed by atoms with van der Waals surface area (Å²) >= 11 is 0. The number of hydrogen-bond acceptors (Lipinski definition) is 9. The molecule has 0 aliphatic carbocycles. The summed E-state index contributed by atoms with van der Waals surface area (Å²) in [6.45, 7) is 2.70. The maximum atomic E-state index is 12.5. The van der Waals surface area contributed by atoms with Crippen LogP contribution in [0.2, 0.25) is 0 Å². The molecular weight excluding hydrogens is 649 g/mol. The molecule has 0 radical (unpaired) electrons. The van der Waals surface area contributed by atoms with Gasteiger partial charge in [0.15, 0.2) is 6.10 Å². The van der Waals surface area contributed by atoms with Crippen LogP contribution in [0, 0.1) is 0 Å². The van der Waals surface area contributed by atoms with Crippen molar-refractivity contribution in [3.8, 4) is 0 Å². The van der Waals surface area contributed by atoms with Gasteiger partial charge in [-0.15, -0.1) is 0 Å². The van der Waals surface area contributed by atoms with Crippen LogP contribution in [0.25, 0.3) is 0 Å². The van der Waals surface area contributed by atoms with Crippen LogP contribution < -0.4 is 5.73 Å². The highest BCUT2D eigenvalue weighted by Gasteiger charge is 2.28. The highest BCUT2D eigenvalue weighted by molar-refractivity contribution is 7.47. The first kappa shape index (κ1) is 47.0. The fourth-order valence-electron chi connectivity index (χ4n) is 4.92. The number of rotatable bonds is 35. The first-order chi connectivity index (χ1) is 23.6. The van der Waals surface area contributed by atoms with Crippen LogP contribution in [0.15, 0.2) is 24.3 Å². The van der Waals surface area contributed by atoms with E-state index in [1.54, 1.807) is 0 Å². The number of esters is 2. The quantitative estimate of drug-likeness (QED) is 0.0247. The summed E-state index contributed by atoms with van der Waals surface area (Å²) in [6.07, 6.45) is 31.3. The van der Waals surface area contributed by atoms with Gasteiger partial charge in [0.2, 0.25) is 0 Å². The Morgan fingerprint density at radius 1 is 0.633 bits per heavy atom. The second-order valence-electron chi connectivity index (χ2n) is 12.7. The van der Waals surface area contributed by atoms with Crippen molar-refractivity contribution in [2.24, 2.45) is 5.73 Å². The minimum Gasteiger partial charge on any atom is -0.480 e. The zero-order valence-electron chi connectivity index (χ0n) is 30.5. The van der Waals surface area contributed by atoms with Gasteiger partial charge < -0.3 is 25.2 Å². The Morgan fingerprint density at radius 3 is 1.61 bits per heavy atom. The molecule has 4 N–H and O–H groups in total. The van der Waals surface area contributed by atoms with Crippen LogP contribution in [-0.4, -0.2) is 59.9 Å². The van der Waals surface area contributed by atoms with E-state index in [4.69, 9.17) is 24.8 Å². The summed E-state index contributed by atoms with van der Waals surface area (Å²) in [5.74, 6) is -2.40. The molecule has 3 atom stereocenters. The number of carboxylic acid groups (broad SMARTS) is 1. The largest absolute Gasteiger partial charge is 0.480 e. The molecule has 0 bridgehead atoms. The summed E-state index contributed by atoms with van der Waals surface area (Å²) in [4.78, 5) is 45.5. The molecular formula is C37H68NO10P. The van der Waals surface area contributed by atoms with Gasteiger partial charge in [-0.1, -0.05) is 128 Å². The molecule has 0 saturated carbocycles. The van der Waals surface area contributed by atoms with Gasteiger partial charge >= 0.3 is 25.7 Å². The lowest BCUT2D eigenvalue weighted by Gasteiger charge is -2.20. The molecule has 0 aromatic carbocycles. The lowest BCUT2D eigenvalue weighted by atomic mass is 10.1. The number of ether oxygens (including phenoxy) is 2. The van der Waals surface area contributed by atoms with Crippen molar-refractivity contribution in [3.63, 3.8) is 0 Å². The van der Waals surface area contributed by atoms with Gasteiger partial charge in [-0.3, -0.25) is 23.4 Å². The fraction of sp³-hybridized carbons (Fsp3) is 0.811. The monoisotopic (exact) mass is 717 g/mol. The van der Waals surface area contributed by atoms with Crippen molar-refractivity contribution in [2.45, 2.75) is 174 Å². The van der Waals surface area contributed by atoms with Crippen molar-refractivity contribution in [2.75, 3.05) is 19.8 Å². The maximum absolute atomic E-state index is 12.5. The molecule has 0 spiro atoms. The van der Waals surface area contributed by atoms with E-state index in [1.165, 1.54) is 64.2 Å². The van der Waals surface area contributed by atoms with Crippen molar-refractivity contribution in [1.29, 1.82) is 0 Å². The smallest absolute Gasteiger partial charge is 0.472 e. The molecule has 12 heteroatoms. The van der Waals surface area contributed by atoms with Crippen LogP contribution in [0.3, 0.4) is 0 Å². The Bertz CT molecular complexity index is 942. The lowest BCUT2D eigenvalue weighted by molar-refractivity contribution is -0.161. The zero-order chi connectivity index (χ0) is 36.4. The number of nitrogens with two attached hydrogens (primary N) is 1. The second kappa shape index (κ2) is 33.1. The van der Waals surface area contributed by atoms with E-state index < -0.39 is 51.1 Å². The first-order valence-corrected chi connectivity index (χ1v) is 20.4. The van der Waals surface area contributed by atoms with Crippen molar-refractivity contribution < 1.29 is 47.5 Å². The minimum absolute atomic E-state index is 0.154. The summed E-state index contributed by atoms with van der Waals surface area (Å²) in [6, 6.07) is -1.52. The molecule has 286 valence electrons. The summed E-state index contributed by atoms with van der Waals surface area (Å²) in [5.41, 5.74) is 5.30. The highest BCUT2D eigenvalue weighted by Crippen LogP contribution is 2.43. The standard InChI is InChI=1S/C37H68NO10P/c1-3-5-7-9-11-12-13-14-15-16-17-18-19-20-21-23-25-27-29-36(40)48-33(31-46-49(43,44)47-32-34(38)37(41)42)30-45-35(39)28-26-24-22-10-8-6-4-2/h12-13,15-16,33-34H,3-11,14,17-32,38H2,1-2H3,(H,41,42)(H,43,44)/b13-12-,16-15-. The van der Waals surface area contributed by atoms with Gasteiger partial charge in [0.25, 0.3) is 0 Å². The molecule has 0 aliphatic rings. The average Bonchev–Trinajstić information content (AvgIpc) is 3.07. The SMILES string of the molecule is CCCCCC/C=C\C/C=C\CCCCCCCCCC(=O)OC(COC(=O)CCCCCCCCC)COP(=O)(O)OCC(N)C(=O)O. The van der Waals surface area contributed by atoms with Crippen LogP contribution in [0.5, 0.6) is 0 Å². The van der Waals surface area contributed by atoms with Crippen LogP contribution in [-0.2, 0) is 37.5 Å². The van der Waals surface area contributed by atoms with Gasteiger partial charge in [-0.25, -0.2) is 4.57 Å². The van der Waals surface area contributed by atoms with Gasteiger partial charge in [0.1, 0.15) is 12.6 Å². The highest BCUT2D eigenvalue weighted by atomic mass is 31.2. The van der Waals surface area contributed by atoms with E-state index in [-0.39, 0.29) is 19.4 Å². The molecule has 0 aromatic heterocycles. The number of phosphoric acid groups is 1. The van der Waals surface area contributed by atoms with Gasteiger partial charge in [0, 0.05) is 12.8 Å². The van der Waals surface area contributed by atoms with E-state index in [0.29, 0.717) is 12.8 Å². The molecule has 3 unspecified atom stereocenters. The number of hydrogen-bond donors (Lipinski definition) is 3. The van der Waals surface area contributed by atoms with Crippen molar-refractivity contribution >= 4 is 25.7 Å². The normalized spacial score (nSPS) is 14.2. The molecule has 49 heavy (non-hydrogen) atoms. The molecule has 0 fully saturated rings. The van der Waals surface area contributed by atoms with E-state index >= 15 is 0 Å². The molecule has 11 nitrogen and oxygen atoms in total. The molecule has 0 amide bonds. The number of phosphoric ester groups is 1. The first-order valence-electron chi connectivity index (χ1n) is 18.9. The van der Waals surface area contributed by atoms with Gasteiger partial charge in [-0.05, 0) is 44.9 Å². The molecule has 0 aromatic rings. The van der Waals surface area contributed by atoms with E-state index in [0.717, 1.165) is 57.8 Å². The Morgan fingerprint density at radius 2 is 1.08 bits per heavy atom. The van der Waals surface area contributed by atoms with Gasteiger partial charge in [0.05, 0.1) is 13.2 Å². The number of aliphatic carboxylic acids is 1. The van der Waals surface area contributed by atoms with Crippen LogP contribution >= 0.6 is 7.82 Å². The summed E-state index contributed by atoms with van der Waals surface area (Å²) in [5, 5.41) is 8.84. The number of allylic oxidation sites excluding steroid dienone is 4. The molecule has 0 saturated heterocycles. The third-order valence-corrected chi connectivity index (χ3v) is 8.90. The Labute approximate surface area is 296 Å². The molecule has 0 heterocycles. The topological polar surface area (TPSA) is 172 Å². The Hall–Kier alpha value is -2.04. The minimum atomic E-state index is -4.70. The van der Waals surface area contributed by atoms with Crippen LogP contribution in [0.4, 0.5) is 0 Å². The maximum Gasteiger partial charge on any atom is 0.472 e. The number of carboxylic acids is 1. The van der Waals surface area contributed by atoms with Crippen molar-refractivity contribution in [3.05, 3.63) is 24.3 Å².